The van der Waals surface area contributed by atoms with Crippen molar-refractivity contribution in [1.82, 2.24) is 24.8 Å². The molecule has 6 nitrogen and oxygen atoms in total. The number of rotatable bonds is 3. The number of likely N-dealkylation sites (tertiary alicyclic amines) is 1. The number of piperidine rings is 1. The first kappa shape index (κ1) is 19.5. The van der Waals surface area contributed by atoms with Gasteiger partial charge >= 0.3 is 6.03 Å². The summed E-state index contributed by atoms with van der Waals surface area (Å²) in [7, 11) is 0. The second-order valence-corrected chi connectivity index (χ2v) is 8.57. The number of hydrogen-bond acceptors (Lipinski definition) is 3. The predicted molar refractivity (Wildman–Crippen MR) is 124 cm³/mol. The Morgan fingerprint density at radius 2 is 1.81 bits per heavy atom. The number of nitrogens with one attached hydrogen (secondary N) is 1. The molecule has 0 saturated carbocycles. The summed E-state index contributed by atoms with van der Waals surface area (Å²) in [4.78, 5) is 23.6. The molecule has 1 aliphatic rings. The number of urea groups is 1. The van der Waals surface area contributed by atoms with E-state index in [2.05, 4.69) is 57.3 Å². The fourth-order valence-electron chi connectivity index (χ4n) is 4.48. The highest BCUT2D eigenvalue weighted by molar-refractivity contribution is 5.94. The van der Waals surface area contributed by atoms with Gasteiger partial charge in [-0.25, -0.2) is 14.8 Å². The first-order chi connectivity index (χ1) is 15.1. The number of benzene rings is 2. The van der Waals surface area contributed by atoms with Crippen molar-refractivity contribution in [3.8, 4) is 11.1 Å². The summed E-state index contributed by atoms with van der Waals surface area (Å²) in [6, 6.07) is 17.4. The quantitative estimate of drug-likeness (QED) is 0.514. The van der Waals surface area contributed by atoms with Crippen molar-refractivity contribution in [3.05, 3.63) is 61.1 Å². The lowest BCUT2D eigenvalue weighted by Crippen LogP contribution is -2.46. The Hall–Kier alpha value is -3.41. The average molecular weight is 414 g/mol. The lowest BCUT2D eigenvalue weighted by Gasteiger charge is -2.33. The van der Waals surface area contributed by atoms with Crippen LogP contribution in [0.1, 0.15) is 32.7 Å². The zero-order valence-corrected chi connectivity index (χ0v) is 18.0. The van der Waals surface area contributed by atoms with Crippen LogP contribution in [-0.4, -0.2) is 44.6 Å². The summed E-state index contributed by atoms with van der Waals surface area (Å²) >= 11 is 0. The molecule has 1 N–H and O–H groups in total. The number of carbonyl (C=O) groups excluding carboxylic acids is 1. The van der Waals surface area contributed by atoms with E-state index in [0.29, 0.717) is 6.04 Å². The van der Waals surface area contributed by atoms with Gasteiger partial charge in [0.05, 0.1) is 6.33 Å². The lowest BCUT2D eigenvalue weighted by atomic mass is 10.0. The predicted octanol–water partition coefficient (Wildman–Crippen LogP) is 5.01. The number of amides is 2. The van der Waals surface area contributed by atoms with Crippen molar-refractivity contribution in [2.45, 2.75) is 38.8 Å². The van der Waals surface area contributed by atoms with Crippen molar-refractivity contribution in [1.29, 1.82) is 0 Å². The van der Waals surface area contributed by atoms with Crippen LogP contribution < -0.4 is 5.32 Å². The molecule has 0 radical (unpaired) electrons. The Kier molecular flexibility index (Phi) is 5.06. The average Bonchev–Trinajstić information content (AvgIpc) is 3.23. The fraction of sp³-hybridized carbons (Fsp3) is 0.320. The van der Waals surface area contributed by atoms with Gasteiger partial charge in [0.2, 0.25) is 0 Å². The van der Waals surface area contributed by atoms with E-state index in [-0.39, 0.29) is 12.1 Å². The Bertz CT molecular complexity index is 1240. The highest BCUT2D eigenvalue weighted by Gasteiger charge is 2.25. The van der Waals surface area contributed by atoms with E-state index in [1.165, 1.54) is 10.8 Å². The summed E-state index contributed by atoms with van der Waals surface area (Å²) in [5.41, 5.74) is 4.09. The number of hydrogen-bond donors (Lipinski definition) is 1. The minimum absolute atomic E-state index is 0.0284. The second-order valence-electron chi connectivity index (χ2n) is 8.57. The SMILES string of the molecule is CC(C)NC(=O)N1CCC(n2cnc3c(-c4ccc5ccccc5c4)ccnc32)CC1. The molecule has 0 spiro atoms. The molecule has 2 aromatic heterocycles. The third-order valence-corrected chi connectivity index (χ3v) is 6.08. The fourth-order valence-corrected chi connectivity index (χ4v) is 4.48. The number of nitrogens with zero attached hydrogens (tertiary/aromatic N) is 4. The molecule has 6 heteroatoms. The van der Waals surface area contributed by atoms with Gasteiger partial charge in [-0.1, -0.05) is 36.4 Å². The molecule has 0 unspecified atom stereocenters. The molecule has 31 heavy (non-hydrogen) atoms. The summed E-state index contributed by atoms with van der Waals surface area (Å²) in [6.07, 6.45) is 5.59. The van der Waals surface area contributed by atoms with Gasteiger partial charge in [-0.15, -0.1) is 0 Å². The molecule has 5 rings (SSSR count). The first-order valence-electron chi connectivity index (χ1n) is 11.0. The van der Waals surface area contributed by atoms with E-state index < -0.39 is 0 Å². The van der Waals surface area contributed by atoms with Gasteiger partial charge in [-0.3, -0.25) is 0 Å². The summed E-state index contributed by atoms with van der Waals surface area (Å²) in [5, 5.41) is 5.44. The van der Waals surface area contributed by atoms with Crippen molar-refractivity contribution >= 4 is 28.0 Å². The van der Waals surface area contributed by atoms with Gasteiger partial charge in [0.1, 0.15) is 5.52 Å². The number of pyridine rings is 1. The maximum Gasteiger partial charge on any atom is 0.317 e. The number of imidazole rings is 1. The molecule has 3 heterocycles. The van der Waals surface area contributed by atoms with Gasteiger partial charge in [0.15, 0.2) is 5.65 Å². The molecule has 4 aromatic rings. The molecule has 2 aromatic carbocycles. The van der Waals surface area contributed by atoms with Crippen molar-refractivity contribution < 1.29 is 4.79 Å². The normalized spacial score (nSPS) is 15.1. The van der Waals surface area contributed by atoms with Gasteiger partial charge in [-0.05, 0) is 55.2 Å². The van der Waals surface area contributed by atoms with Crippen molar-refractivity contribution in [2.75, 3.05) is 13.1 Å². The van der Waals surface area contributed by atoms with E-state index in [0.717, 1.165) is 48.2 Å². The largest absolute Gasteiger partial charge is 0.336 e. The smallest absolute Gasteiger partial charge is 0.317 e. The van der Waals surface area contributed by atoms with Crippen LogP contribution in [0.25, 0.3) is 33.1 Å². The van der Waals surface area contributed by atoms with Crippen LogP contribution >= 0.6 is 0 Å². The van der Waals surface area contributed by atoms with Crippen LogP contribution in [0.4, 0.5) is 4.79 Å². The number of fused-ring (bicyclic) bond motifs is 2. The van der Waals surface area contributed by atoms with E-state index in [9.17, 15) is 4.79 Å². The molecule has 1 fully saturated rings. The van der Waals surface area contributed by atoms with Crippen LogP contribution in [0.3, 0.4) is 0 Å². The molecule has 1 saturated heterocycles. The molecule has 0 atom stereocenters. The van der Waals surface area contributed by atoms with E-state index in [1.807, 2.05) is 37.3 Å². The highest BCUT2D eigenvalue weighted by atomic mass is 16.2. The zero-order chi connectivity index (χ0) is 21.4. The zero-order valence-electron chi connectivity index (χ0n) is 18.0. The van der Waals surface area contributed by atoms with Crippen LogP contribution in [0.2, 0.25) is 0 Å². The maximum absolute atomic E-state index is 12.3. The monoisotopic (exact) mass is 413 g/mol. The highest BCUT2D eigenvalue weighted by Crippen LogP contribution is 2.32. The molecule has 0 bridgehead atoms. The van der Waals surface area contributed by atoms with Gasteiger partial charge in [-0.2, -0.15) is 0 Å². The van der Waals surface area contributed by atoms with Crippen molar-refractivity contribution in [2.24, 2.45) is 0 Å². The third-order valence-electron chi connectivity index (χ3n) is 6.08. The number of carbonyl (C=O) groups is 1. The summed E-state index contributed by atoms with van der Waals surface area (Å²) in [6.45, 7) is 5.46. The Labute approximate surface area is 181 Å². The first-order valence-corrected chi connectivity index (χ1v) is 11.0. The molecule has 158 valence electrons. The standard InChI is InChI=1S/C25H27N5O/c1-17(2)28-25(31)29-13-10-21(11-14-29)30-16-27-23-22(9-12-26-24(23)30)20-8-7-18-5-3-4-6-19(18)15-20/h3-9,12,15-17,21H,10-11,13-14H2,1-2H3,(H,28,31). The van der Waals surface area contributed by atoms with Crippen LogP contribution in [-0.2, 0) is 0 Å². The minimum Gasteiger partial charge on any atom is -0.336 e. The van der Waals surface area contributed by atoms with E-state index in [4.69, 9.17) is 4.98 Å². The molecule has 1 aliphatic heterocycles. The Morgan fingerprint density at radius 1 is 1.03 bits per heavy atom. The third kappa shape index (κ3) is 3.74. The minimum atomic E-state index is 0.0284. The molecule has 2 amide bonds. The summed E-state index contributed by atoms with van der Waals surface area (Å²) in [5.74, 6) is 0. The van der Waals surface area contributed by atoms with Crippen LogP contribution in [0.15, 0.2) is 61.1 Å². The molecule has 0 aliphatic carbocycles. The summed E-state index contributed by atoms with van der Waals surface area (Å²) < 4.78 is 2.19. The van der Waals surface area contributed by atoms with Crippen LogP contribution in [0.5, 0.6) is 0 Å². The Balaban J connectivity index is 1.42. The topological polar surface area (TPSA) is 63.1 Å². The number of aromatic nitrogens is 3. The molecular formula is C25H27N5O. The van der Waals surface area contributed by atoms with Gasteiger partial charge in [0, 0.05) is 36.9 Å². The Morgan fingerprint density at radius 3 is 2.58 bits per heavy atom. The van der Waals surface area contributed by atoms with Gasteiger partial charge in [0.25, 0.3) is 0 Å². The second kappa shape index (κ2) is 8.02. The van der Waals surface area contributed by atoms with Crippen LogP contribution in [0, 0.1) is 0 Å². The van der Waals surface area contributed by atoms with Gasteiger partial charge < -0.3 is 14.8 Å². The molecular weight excluding hydrogens is 386 g/mol. The van der Waals surface area contributed by atoms with Crippen molar-refractivity contribution in [3.63, 3.8) is 0 Å². The maximum atomic E-state index is 12.3. The van der Waals surface area contributed by atoms with E-state index >= 15 is 0 Å². The van der Waals surface area contributed by atoms with E-state index in [1.54, 1.807) is 0 Å². The lowest BCUT2D eigenvalue weighted by molar-refractivity contribution is 0.170.